The van der Waals surface area contributed by atoms with E-state index in [9.17, 15) is 0 Å². The van der Waals surface area contributed by atoms with Crippen LogP contribution in [0.1, 0.15) is 0 Å². The summed E-state index contributed by atoms with van der Waals surface area (Å²) in [5.74, 6) is 0. The predicted octanol–water partition coefficient (Wildman–Crippen LogP) is 13.4. The lowest BCUT2D eigenvalue weighted by atomic mass is 9.91. The SMILES string of the molecule is c1ccc(-c2cccc(-c3cc(-c4ccc5c6ccccc6n(-c6ccccc6)c5c4)cc(-c4cccc5c4oc4ccccc45)c3)c2)cc1. The topological polar surface area (TPSA) is 18.1 Å². The van der Waals surface area contributed by atoms with Gasteiger partial charge in [0.25, 0.3) is 0 Å². The van der Waals surface area contributed by atoms with Crippen molar-refractivity contribution in [3.05, 3.63) is 188 Å². The Bertz CT molecular complexity index is 2860. The Morgan fingerprint density at radius 3 is 1.70 bits per heavy atom. The highest BCUT2D eigenvalue weighted by Gasteiger charge is 2.17. The Balaban J connectivity index is 1.22. The molecule has 2 nitrogen and oxygen atoms in total. The van der Waals surface area contributed by atoms with Gasteiger partial charge in [-0.3, -0.25) is 0 Å². The smallest absolute Gasteiger partial charge is 0.143 e. The number of furan rings is 1. The van der Waals surface area contributed by atoms with Gasteiger partial charge in [-0.2, -0.15) is 0 Å². The van der Waals surface area contributed by atoms with Crippen LogP contribution in [0, 0.1) is 0 Å². The summed E-state index contributed by atoms with van der Waals surface area (Å²) < 4.78 is 8.95. The first-order valence-electron chi connectivity index (χ1n) is 17.1. The molecule has 2 heterocycles. The van der Waals surface area contributed by atoms with Gasteiger partial charge in [0.1, 0.15) is 11.2 Å². The fourth-order valence-corrected chi connectivity index (χ4v) is 7.61. The molecule has 0 aliphatic rings. The molecule has 0 N–H and O–H groups in total. The Morgan fingerprint density at radius 1 is 0.320 bits per heavy atom. The normalized spacial score (nSPS) is 11.6. The van der Waals surface area contributed by atoms with Crippen LogP contribution in [0.4, 0.5) is 0 Å². The zero-order valence-electron chi connectivity index (χ0n) is 27.3. The molecule has 234 valence electrons. The minimum Gasteiger partial charge on any atom is -0.455 e. The molecule has 10 aromatic rings. The molecule has 0 saturated carbocycles. The van der Waals surface area contributed by atoms with E-state index in [1.54, 1.807) is 0 Å². The Kier molecular flexibility index (Phi) is 6.53. The molecule has 0 saturated heterocycles. The molecule has 0 bridgehead atoms. The van der Waals surface area contributed by atoms with Crippen LogP contribution in [0.3, 0.4) is 0 Å². The maximum atomic E-state index is 6.56. The maximum absolute atomic E-state index is 6.56. The van der Waals surface area contributed by atoms with Gasteiger partial charge in [0.2, 0.25) is 0 Å². The molecule has 8 aromatic carbocycles. The van der Waals surface area contributed by atoms with Gasteiger partial charge in [0.15, 0.2) is 0 Å². The Labute approximate surface area is 290 Å². The molecule has 10 rings (SSSR count). The number of fused-ring (bicyclic) bond motifs is 6. The van der Waals surface area contributed by atoms with Crippen molar-refractivity contribution in [1.82, 2.24) is 4.57 Å². The molecular formula is C48H31NO. The van der Waals surface area contributed by atoms with E-state index in [1.165, 1.54) is 38.5 Å². The first-order chi connectivity index (χ1) is 24.8. The molecule has 2 heteroatoms. The molecule has 0 aliphatic carbocycles. The second-order valence-electron chi connectivity index (χ2n) is 12.9. The van der Waals surface area contributed by atoms with Crippen molar-refractivity contribution in [1.29, 1.82) is 0 Å². The van der Waals surface area contributed by atoms with E-state index >= 15 is 0 Å². The lowest BCUT2D eigenvalue weighted by Crippen LogP contribution is -1.93. The number of aromatic nitrogens is 1. The largest absolute Gasteiger partial charge is 0.455 e. The fraction of sp³-hybridized carbons (Fsp3) is 0. The third kappa shape index (κ3) is 4.65. The Hall–Kier alpha value is -6.64. The number of hydrogen-bond acceptors (Lipinski definition) is 1. The first kappa shape index (κ1) is 28.4. The zero-order valence-corrected chi connectivity index (χ0v) is 27.3. The number of benzene rings is 8. The fourth-order valence-electron chi connectivity index (χ4n) is 7.61. The van der Waals surface area contributed by atoms with Crippen LogP contribution >= 0.6 is 0 Å². The van der Waals surface area contributed by atoms with E-state index < -0.39 is 0 Å². The third-order valence-electron chi connectivity index (χ3n) is 9.97. The summed E-state index contributed by atoms with van der Waals surface area (Å²) in [7, 11) is 0. The average Bonchev–Trinajstić information content (AvgIpc) is 3.74. The van der Waals surface area contributed by atoms with Crippen LogP contribution in [0.25, 0.3) is 93.9 Å². The number of nitrogens with zero attached hydrogens (tertiary/aromatic N) is 1. The van der Waals surface area contributed by atoms with Crippen molar-refractivity contribution in [3.8, 4) is 50.2 Å². The van der Waals surface area contributed by atoms with Crippen LogP contribution in [0.5, 0.6) is 0 Å². The van der Waals surface area contributed by atoms with Crippen molar-refractivity contribution >= 4 is 43.7 Å². The van der Waals surface area contributed by atoms with Crippen LogP contribution in [0.2, 0.25) is 0 Å². The molecule has 0 spiro atoms. The molecule has 0 fully saturated rings. The monoisotopic (exact) mass is 637 g/mol. The number of hydrogen-bond donors (Lipinski definition) is 0. The van der Waals surface area contributed by atoms with E-state index in [-0.39, 0.29) is 0 Å². The van der Waals surface area contributed by atoms with Crippen LogP contribution in [-0.2, 0) is 0 Å². The second kappa shape index (κ2) is 11.5. The first-order valence-corrected chi connectivity index (χ1v) is 17.1. The molecule has 0 aliphatic heterocycles. The molecule has 0 amide bonds. The van der Waals surface area contributed by atoms with Gasteiger partial charge in [-0.1, -0.05) is 133 Å². The highest BCUT2D eigenvalue weighted by molar-refractivity contribution is 6.11. The average molecular weight is 638 g/mol. The quantitative estimate of drug-likeness (QED) is 0.184. The van der Waals surface area contributed by atoms with Crippen LogP contribution < -0.4 is 0 Å². The highest BCUT2D eigenvalue weighted by atomic mass is 16.3. The molecule has 2 aromatic heterocycles. The van der Waals surface area contributed by atoms with Gasteiger partial charge >= 0.3 is 0 Å². The van der Waals surface area contributed by atoms with E-state index in [4.69, 9.17) is 4.42 Å². The second-order valence-corrected chi connectivity index (χ2v) is 12.9. The summed E-state index contributed by atoms with van der Waals surface area (Å²) in [6, 6.07) is 67.5. The maximum Gasteiger partial charge on any atom is 0.143 e. The van der Waals surface area contributed by atoms with Gasteiger partial charge in [-0.25, -0.2) is 0 Å². The van der Waals surface area contributed by atoms with Crippen molar-refractivity contribution in [2.75, 3.05) is 0 Å². The molecular weight excluding hydrogens is 607 g/mol. The van der Waals surface area contributed by atoms with Gasteiger partial charge < -0.3 is 8.98 Å². The van der Waals surface area contributed by atoms with E-state index in [2.05, 4.69) is 187 Å². The number of rotatable bonds is 5. The van der Waals surface area contributed by atoms with Gasteiger partial charge in [-0.05, 0) is 93.5 Å². The minimum atomic E-state index is 0.904. The standard InChI is InChI=1S/C48H31NO/c1-3-13-32(14-4-1)33-15-11-16-34(27-33)36-28-37(30-38(29-36)40-21-12-22-44-43-20-8-10-24-47(43)50-48(40)44)35-25-26-42-41-19-7-9-23-45(41)49(46(42)31-35)39-17-5-2-6-18-39/h1-31H. The van der Waals surface area contributed by atoms with Crippen molar-refractivity contribution < 1.29 is 4.42 Å². The Morgan fingerprint density at radius 2 is 0.880 bits per heavy atom. The number of para-hydroxylation sites is 4. The third-order valence-corrected chi connectivity index (χ3v) is 9.97. The molecule has 0 radical (unpaired) electrons. The summed E-state index contributed by atoms with van der Waals surface area (Å²) >= 11 is 0. The molecule has 0 atom stereocenters. The molecule has 50 heavy (non-hydrogen) atoms. The summed E-state index contributed by atoms with van der Waals surface area (Å²) in [5, 5.41) is 4.76. The van der Waals surface area contributed by atoms with Crippen molar-refractivity contribution in [2.24, 2.45) is 0 Å². The van der Waals surface area contributed by atoms with E-state index in [0.29, 0.717) is 0 Å². The summed E-state index contributed by atoms with van der Waals surface area (Å²) in [4.78, 5) is 0. The highest BCUT2D eigenvalue weighted by Crippen LogP contribution is 2.41. The lowest BCUT2D eigenvalue weighted by Gasteiger charge is -2.13. The molecule has 0 unspecified atom stereocenters. The van der Waals surface area contributed by atoms with Gasteiger partial charge in [0.05, 0.1) is 11.0 Å². The van der Waals surface area contributed by atoms with Crippen LogP contribution in [-0.4, -0.2) is 4.57 Å². The van der Waals surface area contributed by atoms with E-state index in [1.807, 2.05) is 6.07 Å². The van der Waals surface area contributed by atoms with Crippen molar-refractivity contribution in [3.63, 3.8) is 0 Å². The van der Waals surface area contributed by atoms with Crippen molar-refractivity contribution in [2.45, 2.75) is 0 Å². The summed E-state index contributed by atoms with van der Waals surface area (Å²) in [6.07, 6.45) is 0. The zero-order chi connectivity index (χ0) is 33.0. The summed E-state index contributed by atoms with van der Waals surface area (Å²) in [5.41, 5.74) is 14.6. The minimum absolute atomic E-state index is 0.904. The van der Waals surface area contributed by atoms with Crippen LogP contribution in [0.15, 0.2) is 192 Å². The predicted molar refractivity (Wildman–Crippen MR) is 210 cm³/mol. The van der Waals surface area contributed by atoms with Gasteiger partial charge in [0, 0.05) is 32.8 Å². The van der Waals surface area contributed by atoms with E-state index in [0.717, 1.165) is 55.4 Å². The van der Waals surface area contributed by atoms with Gasteiger partial charge in [-0.15, -0.1) is 0 Å². The lowest BCUT2D eigenvalue weighted by molar-refractivity contribution is 0.670. The summed E-state index contributed by atoms with van der Waals surface area (Å²) in [6.45, 7) is 0.